The molecule has 0 radical (unpaired) electrons. The van der Waals surface area contributed by atoms with Crippen LogP contribution in [0.5, 0.6) is 0 Å². The number of carbonyl (C=O) groups excluding carboxylic acids is 2. The number of aliphatic hydroxyl groups is 1. The van der Waals surface area contributed by atoms with Crippen molar-refractivity contribution >= 4 is 17.6 Å². The summed E-state index contributed by atoms with van der Waals surface area (Å²) in [6.45, 7) is 5.45. The van der Waals surface area contributed by atoms with E-state index in [2.05, 4.69) is 10.2 Å². The molecule has 7 nitrogen and oxygen atoms in total. The number of carbonyl (C=O) groups is 2. The summed E-state index contributed by atoms with van der Waals surface area (Å²) < 4.78 is 0. The van der Waals surface area contributed by atoms with E-state index in [0.717, 1.165) is 19.5 Å². The van der Waals surface area contributed by atoms with Crippen molar-refractivity contribution in [3.63, 3.8) is 0 Å². The van der Waals surface area contributed by atoms with E-state index in [-0.39, 0.29) is 12.0 Å². The van der Waals surface area contributed by atoms with Crippen LogP contribution in [0.1, 0.15) is 23.7 Å². The lowest BCUT2D eigenvalue weighted by atomic mass is 10.1. The quantitative estimate of drug-likeness (QED) is 0.744. The summed E-state index contributed by atoms with van der Waals surface area (Å²) >= 11 is 0. The van der Waals surface area contributed by atoms with Crippen LogP contribution in [0.2, 0.25) is 0 Å². The van der Waals surface area contributed by atoms with Crippen molar-refractivity contribution in [2.45, 2.75) is 19.4 Å². The molecule has 1 saturated heterocycles. The van der Waals surface area contributed by atoms with Gasteiger partial charge in [0.05, 0.1) is 6.10 Å². The normalized spacial score (nSPS) is 16.9. The number of nitrogens with two attached hydrogens (primary N) is 1. The zero-order chi connectivity index (χ0) is 16.8. The number of piperazine rings is 1. The molecule has 1 aromatic rings. The lowest BCUT2D eigenvalue weighted by molar-refractivity contribution is 0.0524. The Morgan fingerprint density at radius 3 is 2.35 bits per heavy atom. The fourth-order valence-electron chi connectivity index (χ4n) is 2.58. The molecule has 0 aromatic heterocycles. The van der Waals surface area contributed by atoms with Gasteiger partial charge in [-0.25, -0.2) is 4.79 Å². The lowest BCUT2D eigenvalue weighted by Gasteiger charge is -2.35. The molecule has 7 heteroatoms. The zero-order valence-corrected chi connectivity index (χ0v) is 13.4. The molecule has 1 atom stereocenters. The molecule has 0 saturated carbocycles. The molecule has 3 amide bonds. The predicted molar refractivity (Wildman–Crippen MR) is 88.3 cm³/mol. The zero-order valence-electron chi connectivity index (χ0n) is 13.4. The molecule has 1 heterocycles. The van der Waals surface area contributed by atoms with Crippen molar-refractivity contribution in [2.75, 3.05) is 38.0 Å². The van der Waals surface area contributed by atoms with Crippen LogP contribution in [0, 0.1) is 0 Å². The Kier molecular flexibility index (Phi) is 5.95. The molecule has 1 unspecified atom stereocenters. The number of anilines is 1. The van der Waals surface area contributed by atoms with Crippen molar-refractivity contribution in [1.82, 2.24) is 9.80 Å². The van der Waals surface area contributed by atoms with Crippen LogP contribution in [0.3, 0.4) is 0 Å². The second-order valence-electron chi connectivity index (χ2n) is 5.72. The molecular formula is C16H24N4O3. The predicted octanol–water partition coefficient (Wildman–Crippen LogP) is 0.706. The van der Waals surface area contributed by atoms with Gasteiger partial charge in [-0.05, 0) is 30.7 Å². The van der Waals surface area contributed by atoms with E-state index in [0.29, 0.717) is 30.9 Å². The van der Waals surface area contributed by atoms with E-state index in [1.165, 1.54) is 0 Å². The number of primary amides is 1. The summed E-state index contributed by atoms with van der Waals surface area (Å²) in [5.41, 5.74) is 6.20. The van der Waals surface area contributed by atoms with Gasteiger partial charge >= 0.3 is 6.03 Å². The highest BCUT2D eigenvalue weighted by molar-refractivity contribution is 5.95. The lowest BCUT2D eigenvalue weighted by Crippen LogP contribution is -2.50. The summed E-state index contributed by atoms with van der Waals surface area (Å²) in [5, 5.41) is 12.2. The van der Waals surface area contributed by atoms with Crippen LogP contribution >= 0.6 is 0 Å². The third-order valence-corrected chi connectivity index (χ3v) is 4.00. The minimum atomic E-state index is -0.630. The van der Waals surface area contributed by atoms with Gasteiger partial charge in [0.1, 0.15) is 0 Å². The Morgan fingerprint density at radius 2 is 1.83 bits per heavy atom. The Hall–Kier alpha value is -2.12. The first-order valence-corrected chi connectivity index (χ1v) is 7.85. The molecule has 2 rings (SSSR count). The number of benzene rings is 1. The Balaban J connectivity index is 1.88. The first-order valence-electron chi connectivity index (χ1n) is 7.85. The summed E-state index contributed by atoms with van der Waals surface area (Å²) in [4.78, 5) is 27.2. The number of hydrogen-bond acceptors (Lipinski definition) is 4. The van der Waals surface area contributed by atoms with Crippen LogP contribution in [0.15, 0.2) is 24.3 Å². The van der Waals surface area contributed by atoms with E-state index in [4.69, 9.17) is 5.73 Å². The highest BCUT2D eigenvalue weighted by Crippen LogP contribution is 2.13. The molecule has 0 aliphatic carbocycles. The number of aliphatic hydroxyl groups excluding tert-OH is 1. The first kappa shape index (κ1) is 17.2. The van der Waals surface area contributed by atoms with Crippen LogP contribution < -0.4 is 11.1 Å². The Bertz CT molecular complexity index is 539. The van der Waals surface area contributed by atoms with Crippen LogP contribution in [0.4, 0.5) is 10.5 Å². The average molecular weight is 320 g/mol. The van der Waals surface area contributed by atoms with Crippen LogP contribution in [0.25, 0.3) is 0 Å². The molecule has 1 aliphatic rings. The average Bonchev–Trinajstić information content (AvgIpc) is 2.55. The molecular weight excluding hydrogens is 296 g/mol. The largest absolute Gasteiger partial charge is 0.392 e. The number of β-amino-alcohol motifs (C(OH)–C–C–N with tert-alkyl or cyclic N) is 1. The molecule has 4 N–H and O–H groups in total. The van der Waals surface area contributed by atoms with E-state index in [9.17, 15) is 14.7 Å². The highest BCUT2D eigenvalue weighted by atomic mass is 16.3. The van der Waals surface area contributed by atoms with Crippen LogP contribution in [-0.4, -0.2) is 65.7 Å². The monoisotopic (exact) mass is 320 g/mol. The Morgan fingerprint density at radius 1 is 1.22 bits per heavy atom. The van der Waals surface area contributed by atoms with Gasteiger partial charge in [0.25, 0.3) is 5.91 Å². The Labute approximate surface area is 136 Å². The topological polar surface area (TPSA) is 98.9 Å². The second-order valence-corrected chi connectivity index (χ2v) is 5.72. The van der Waals surface area contributed by atoms with E-state index in [1.807, 2.05) is 11.8 Å². The minimum absolute atomic E-state index is 0.0219. The van der Waals surface area contributed by atoms with Crippen molar-refractivity contribution in [3.05, 3.63) is 29.8 Å². The maximum absolute atomic E-state index is 12.5. The molecule has 126 valence electrons. The third-order valence-electron chi connectivity index (χ3n) is 4.00. The number of hydrogen-bond donors (Lipinski definition) is 3. The first-order chi connectivity index (χ1) is 11.0. The molecule has 0 bridgehead atoms. The standard InChI is InChI=1S/C16H24N4O3/c1-2-14(21)11-19-7-9-20(10-8-19)15(22)12-3-5-13(6-4-12)18-16(17)23/h3-6,14,21H,2,7-11H2,1H3,(H3,17,18,23). The van der Waals surface area contributed by atoms with Gasteiger partial charge < -0.3 is 21.1 Å². The van der Waals surface area contributed by atoms with Crippen molar-refractivity contribution < 1.29 is 14.7 Å². The SMILES string of the molecule is CCC(O)CN1CCN(C(=O)c2ccc(NC(N)=O)cc2)CC1. The molecule has 1 aliphatic heterocycles. The van der Waals surface area contributed by atoms with E-state index in [1.54, 1.807) is 24.3 Å². The van der Waals surface area contributed by atoms with Gasteiger partial charge in [0.2, 0.25) is 0 Å². The van der Waals surface area contributed by atoms with E-state index < -0.39 is 6.03 Å². The molecule has 1 fully saturated rings. The number of amides is 3. The summed E-state index contributed by atoms with van der Waals surface area (Å²) in [6, 6.07) is 6.05. The van der Waals surface area contributed by atoms with Crippen LogP contribution in [-0.2, 0) is 0 Å². The van der Waals surface area contributed by atoms with Gasteiger partial charge in [-0.15, -0.1) is 0 Å². The minimum Gasteiger partial charge on any atom is -0.392 e. The maximum atomic E-state index is 12.5. The second kappa shape index (κ2) is 7.94. The van der Waals surface area contributed by atoms with Gasteiger partial charge in [-0.3, -0.25) is 9.69 Å². The summed E-state index contributed by atoms with van der Waals surface area (Å²) in [5.74, 6) is -0.0219. The maximum Gasteiger partial charge on any atom is 0.316 e. The summed E-state index contributed by atoms with van der Waals surface area (Å²) in [6.07, 6.45) is 0.438. The number of rotatable bonds is 5. The van der Waals surface area contributed by atoms with Crippen molar-refractivity contribution in [3.8, 4) is 0 Å². The van der Waals surface area contributed by atoms with Gasteiger partial charge in [-0.2, -0.15) is 0 Å². The number of urea groups is 1. The van der Waals surface area contributed by atoms with Gasteiger partial charge in [0, 0.05) is 44.0 Å². The smallest absolute Gasteiger partial charge is 0.316 e. The summed E-state index contributed by atoms with van der Waals surface area (Å²) in [7, 11) is 0. The van der Waals surface area contributed by atoms with Gasteiger partial charge in [-0.1, -0.05) is 6.92 Å². The fraction of sp³-hybridized carbons (Fsp3) is 0.500. The molecule has 1 aromatic carbocycles. The van der Waals surface area contributed by atoms with Crippen molar-refractivity contribution in [1.29, 1.82) is 0 Å². The fourth-order valence-corrected chi connectivity index (χ4v) is 2.58. The van der Waals surface area contributed by atoms with E-state index >= 15 is 0 Å². The van der Waals surface area contributed by atoms with Gasteiger partial charge in [0.15, 0.2) is 0 Å². The molecule has 23 heavy (non-hydrogen) atoms. The number of nitrogens with one attached hydrogen (secondary N) is 1. The highest BCUT2D eigenvalue weighted by Gasteiger charge is 2.23. The molecule has 0 spiro atoms. The van der Waals surface area contributed by atoms with Crippen molar-refractivity contribution in [2.24, 2.45) is 5.73 Å². The number of nitrogens with zero attached hydrogens (tertiary/aromatic N) is 2. The third kappa shape index (κ3) is 4.94.